The Hall–Kier alpha value is -1.84. The van der Waals surface area contributed by atoms with Crippen molar-refractivity contribution in [1.29, 1.82) is 0 Å². The summed E-state index contributed by atoms with van der Waals surface area (Å²) in [4.78, 5) is 13.3. The summed E-state index contributed by atoms with van der Waals surface area (Å²) < 4.78 is 10.3. The molecule has 9 nitrogen and oxygen atoms in total. The molecule has 1 aliphatic heterocycles. The van der Waals surface area contributed by atoms with Crippen LogP contribution >= 0.6 is 0 Å². The molecular formula is C15H25N7O2. The van der Waals surface area contributed by atoms with E-state index in [0.29, 0.717) is 36.7 Å². The molecule has 1 atom stereocenters. The number of hydrogen-bond donors (Lipinski definition) is 1. The molecule has 2 N–H and O–H groups in total. The van der Waals surface area contributed by atoms with Crippen molar-refractivity contribution in [3.05, 3.63) is 23.4 Å². The van der Waals surface area contributed by atoms with Crippen LogP contribution in [0, 0.1) is 0 Å². The lowest BCUT2D eigenvalue weighted by Gasteiger charge is -2.22. The number of nitrogens with zero attached hydrogens (tertiary/aromatic N) is 6. The van der Waals surface area contributed by atoms with E-state index in [1.165, 1.54) is 0 Å². The third-order valence-corrected chi connectivity index (χ3v) is 4.29. The summed E-state index contributed by atoms with van der Waals surface area (Å²) in [6.45, 7) is 7.71. The van der Waals surface area contributed by atoms with Crippen LogP contribution in [-0.2, 0) is 19.6 Å². The van der Waals surface area contributed by atoms with E-state index in [4.69, 9.17) is 14.8 Å². The van der Waals surface area contributed by atoms with Gasteiger partial charge in [-0.25, -0.2) is 0 Å². The van der Waals surface area contributed by atoms with Crippen molar-refractivity contribution in [2.45, 2.75) is 51.9 Å². The van der Waals surface area contributed by atoms with Gasteiger partial charge in [-0.15, -0.1) is 0 Å². The van der Waals surface area contributed by atoms with Gasteiger partial charge in [0, 0.05) is 25.0 Å². The Labute approximate surface area is 141 Å². The summed E-state index contributed by atoms with van der Waals surface area (Å²) in [6.07, 6.45) is 1.09. The third kappa shape index (κ3) is 3.97. The van der Waals surface area contributed by atoms with Crippen LogP contribution in [-0.4, -0.2) is 56.3 Å². The van der Waals surface area contributed by atoms with Gasteiger partial charge in [0.05, 0.1) is 19.6 Å². The normalized spacial score (nSPS) is 19.0. The summed E-state index contributed by atoms with van der Waals surface area (Å²) in [5.74, 6) is 2.87. The average Bonchev–Trinajstić information content (AvgIpc) is 3.27. The minimum Gasteiger partial charge on any atom is -0.339 e. The first-order valence-corrected chi connectivity index (χ1v) is 8.31. The van der Waals surface area contributed by atoms with Crippen LogP contribution in [0.1, 0.15) is 49.6 Å². The molecule has 0 spiro atoms. The Kier molecular flexibility index (Phi) is 5.22. The minimum atomic E-state index is 0.256. The monoisotopic (exact) mass is 335 g/mol. The van der Waals surface area contributed by atoms with Gasteiger partial charge in [-0.05, 0) is 13.5 Å². The summed E-state index contributed by atoms with van der Waals surface area (Å²) >= 11 is 0. The van der Waals surface area contributed by atoms with Crippen LogP contribution in [0.2, 0.25) is 0 Å². The van der Waals surface area contributed by atoms with Gasteiger partial charge in [-0.2, -0.15) is 9.97 Å². The number of hydrogen-bond acceptors (Lipinski definition) is 9. The first kappa shape index (κ1) is 17.0. The predicted molar refractivity (Wildman–Crippen MR) is 85.7 cm³/mol. The molecule has 9 heteroatoms. The SMILES string of the molecule is CC(C)c1nc(CN(C)C2CCN(Cc3noc(CN)n3)C2)no1. The van der Waals surface area contributed by atoms with Crippen LogP contribution < -0.4 is 5.73 Å². The molecule has 132 valence electrons. The van der Waals surface area contributed by atoms with Gasteiger partial charge in [0.15, 0.2) is 11.6 Å². The van der Waals surface area contributed by atoms with Crippen molar-refractivity contribution < 1.29 is 9.05 Å². The van der Waals surface area contributed by atoms with Crippen LogP contribution in [0.15, 0.2) is 9.05 Å². The quantitative estimate of drug-likeness (QED) is 0.783. The van der Waals surface area contributed by atoms with Crippen molar-refractivity contribution >= 4 is 0 Å². The first-order valence-electron chi connectivity index (χ1n) is 8.31. The van der Waals surface area contributed by atoms with Gasteiger partial charge < -0.3 is 14.8 Å². The number of aromatic nitrogens is 4. The van der Waals surface area contributed by atoms with E-state index >= 15 is 0 Å². The van der Waals surface area contributed by atoms with Gasteiger partial charge in [0.1, 0.15) is 0 Å². The molecule has 2 aromatic rings. The maximum absolute atomic E-state index is 5.49. The van der Waals surface area contributed by atoms with E-state index < -0.39 is 0 Å². The van der Waals surface area contributed by atoms with Crippen LogP contribution in [0.5, 0.6) is 0 Å². The van der Waals surface area contributed by atoms with Gasteiger partial charge in [0.2, 0.25) is 11.8 Å². The van der Waals surface area contributed by atoms with Gasteiger partial charge in [0.25, 0.3) is 0 Å². The molecule has 0 saturated carbocycles. The topological polar surface area (TPSA) is 110 Å². The van der Waals surface area contributed by atoms with Gasteiger partial charge in [-0.1, -0.05) is 24.2 Å². The molecule has 1 saturated heterocycles. The fourth-order valence-corrected chi connectivity index (χ4v) is 2.87. The highest BCUT2D eigenvalue weighted by atomic mass is 16.5. The zero-order valence-electron chi connectivity index (χ0n) is 14.5. The van der Waals surface area contributed by atoms with Crippen LogP contribution in [0.4, 0.5) is 0 Å². The molecule has 3 rings (SSSR count). The second kappa shape index (κ2) is 7.37. The molecule has 1 unspecified atom stereocenters. The number of rotatable bonds is 7. The lowest BCUT2D eigenvalue weighted by Crippen LogP contribution is -2.34. The zero-order valence-corrected chi connectivity index (χ0v) is 14.5. The van der Waals surface area contributed by atoms with E-state index in [1.54, 1.807) is 0 Å². The molecule has 2 aromatic heterocycles. The third-order valence-electron chi connectivity index (χ3n) is 4.29. The standard InChI is InChI=1S/C15H25N7O2/c1-10(2)15-18-12(20-24-15)8-21(3)11-4-5-22(7-11)9-13-17-14(6-16)23-19-13/h10-11H,4-9,16H2,1-3H3. The second-order valence-electron chi connectivity index (χ2n) is 6.60. The van der Waals surface area contributed by atoms with Crippen molar-refractivity contribution in [2.75, 3.05) is 20.1 Å². The predicted octanol–water partition coefficient (Wildman–Crippen LogP) is 0.741. The molecule has 0 aromatic carbocycles. The first-order chi connectivity index (χ1) is 11.5. The number of nitrogens with two attached hydrogens (primary N) is 1. The van der Waals surface area contributed by atoms with Crippen molar-refractivity contribution in [3.8, 4) is 0 Å². The molecule has 1 fully saturated rings. The molecule has 1 aliphatic rings. The average molecular weight is 335 g/mol. The van der Waals surface area contributed by atoms with Crippen molar-refractivity contribution in [3.63, 3.8) is 0 Å². The highest BCUT2D eigenvalue weighted by Crippen LogP contribution is 2.18. The zero-order chi connectivity index (χ0) is 17.1. The summed E-state index contributed by atoms with van der Waals surface area (Å²) in [5.41, 5.74) is 5.49. The Morgan fingerprint density at radius 3 is 2.71 bits per heavy atom. The Morgan fingerprint density at radius 2 is 2.04 bits per heavy atom. The molecular weight excluding hydrogens is 310 g/mol. The van der Waals surface area contributed by atoms with Crippen molar-refractivity contribution in [1.82, 2.24) is 30.1 Å². The highest BCUT2D eigenvalue weighted by molar-refractivity contribution is 4.93. The summed E-state index contributed by atoms with van der Waals surface area (Å²) in [5, 5.41) is 8.02. The molecule has 24 heavy (non-hydrogen) atoms. The number of likely N-dealkylation sites (N-methyl/N-ethyl adjacent to an activating group) is 1. The van der Waals surface area contributed by atoms with E-state index in [1.807, 2.05) is 13.8 Å². The molecule has 0 radical (unpaired) electrons. The van der Waals surface area contributed by atoms with E-state index in [9.17, 15) is 0 Å². The van der Waals surface area contributed by atoms with E-state index in [0.717, 1.165) is 25.3 Å². The summed E-state index contributed by atoms with van der Waals surface area (Å²) in [6, 6.07) is 0.451. The van der Waals surface area contributed by atoms with E-state index in [2.05, 4.69) is 37.1 Å². The molecule has 0 amide bonds. The largest absolute Gasteiger partial charge is 0.339 e. The molecule has 0 bridgehead atoms. The van der Waals surface area contributed by atoms with E-state index in [-0.39, 0.29) is 12.5 Å². The maximum atomic E-state index is 5.49. The molecule has 3 heterocycles. The summed E-state index contributed by atoms with van der Waals surface area (Å²) in [7, 11) is 2.10. The smallest absolute Gasteiger partial charge is 0.240 e. The minimum absolute atomic E-state index is 0.256. The maximum Gasteiger partial charge on any atom is 0.240 e. The van der Waals surface area contributed by atoms with Gasteiger partial charge in [-0.3, -0.25) is 9.80 Å². The van der Waals surface area contributed by atoms with Crippen LogP contribution in [0.25, 0.3) is 0 Å². The molecule has 0 aliphatic carbocycles. The Morgan fingerprint density at radius 1 is 1.25 bits per heavy atom. The lowest BCUT2D eigenvalue weighted by molar-refractivity contribution is 0.213. The van der Waals surface area contributed by atoms with Crippen molar-refractivity contribution in [2.24, 2.45) is 5.73 Å². The highest BCUT2D eigenvalue weighted by Gasteiger charge is 2.27. The fraction of sp³-hybridized carbons (Fsp3) is 0.733. The lowest BCUT2D eigenvalue weighted by atomic mass is 10.2. The fourth-order valence-electron chi connectivity index (χ4n) is 2.87. The second-order valence-corrected chi connectivity index (χ2v) is 6.60. The Balaban J connectivity index is 1.50. The van der Waals surface area contributed by atoms with Crippen LogP contribution in [0.3, 0.4) is 0 Å². The Bertz CT molecular complexity index is 654. The van der Waals surface area contributed by atoms with Gasteiger partial charge >= 0.3 is 0 Å². The number of likely N-dealkylation sites (tertiary alicyclic amines) is 1.